The van der Waals surface area contributed by atoms with Gasteiger partial charge in [0.2, 0.25) is 0 Å². The monoisotopic (exact) mass is 600 g/mol. The van der Waals surface area contributed by atoms with Gasteiger partial charge in [0.15, 0.2) is 22.9 Å². The van der Waals surface area contributed by atoms with Gasteiger partial charge in [-0.25, -0.2) is 14.6 Å². The maximum atomic E-state index is 13.7. The van der Waals surface area contributed by atoms with Gasteiger partial charge in [0.1, 0.15) is 0 Å². The van der Waals surface area contributed by atoms with Gasteiger partial charge in [-0.05, 0) is 62.2 Å². The molecule has 38 heavy (non-hydrogen) atoms. The summed E-state index contributed by atoms with van der Waals surface area (Å²) in [7, 11) is 0. The van der Waals surface area contributed by atoms with Crippen LogP contribution in [-0.2, 0) is 14.3 Å². The van der Waals surface area contributed by atoms with Gasteiger partial charge in [-0.3, -0.25) is 9.36 Å². The number of nitrogens with zero attached hydrogens (tertiary/aromatic N) is 2. The zero-order valence-electron chi connectivity index (χ0n) is 20.9. The van der Waals surface area contributed by atoms with E-state index in [0.29, 0.717) is 38.5 Å². The highest BCUT2D eigenvalue weighted by Crippen LogP contribution is 2.32. The van der Waals surface area contributed by atoms with Crippen molar-refractivity contribution in [1.82, 2.24) is 4.57 Å². The largest absolute Gasteiger partial charge is 0.490 e. The number of carbonyl (C=O) groups excluding carboxylic acids is 1. The van der Waals surface area contributed by atoms with E-state index in [1.54, 1.807) is 45.0 Å². The summed E-state index contributed by atoms with van der Waals surface area (Å²) in [6.07, 6.45) is 1.70. The van der Waals surface area contributed by atoms with Crippen LogP contribution in [0.2, 0.25) is 0 Å². The number of carboxylic acid groups (broad SMARTS) is 1. The Kier molecular flexibility index (Phi) is 8.48. The Labute approximate surface area is 230 Å². The van der Waals surface area contributed by atoms with Gasteiger partial charge in [-0.15, -0.1) is 0 Å². The molecule has 9 nitrogen and oxygen atoms in total. The Morgan fingerprint density at radius 3 is 2.61 bits per heavy atom. The molecule has 0 saturated carbocycles. The molecule has 11 heteroatoms. The van der Waals surface area contributed by atoms with Gasteiger partial charge in [0.05, 0.1) is 35.1 Å². The fraction of sp³-hybridized carbons (Fsp3) is 0.259. The highest BCUT2D eigenvalue weighted by atomic mass is 79.9. The van der Waals surface area contributed by atoms with Gasteiger partial charge >= 0.3 is 11.9 Å². The molecular formula is C27H25BrN2O7S. The van der Waals surface area contributed by atoms with E-state index in [9.17, 15) is 14.4 Å². The van der Waals surface area contributed by atoms with Crippen LogP contribution in [-0.4, -0.2) is 41.4 Å². The number of esters is 1. The fourth-order valence-corrected chi connectivity index (χ4v) is 5.54. The second-order valence-electron chi connectivity index (χ2n) is 8.18. The van der Waals surface area contributed by atoms with Gasteiger partial charge in [-0.2, -0.15) is 0 Å². The number of ether oxygens (including phenoxy) is 3. The molecule has 3 aromatic rings. The molecule has 0 fully saturated rings. The number of carbonyl (C=O) groups is 2. The van der Waals surface area contributed by atoms with Crippen LogP contribution in [0.15, 0.2) is 68.0 Å². The van der Waals surface area contributed by atoms with E-state index in [2.05, 4.69) is 20.9 Å². The van der Waals surface area contributed by atoms with Crippen LogP contribution in [0, 0.1) is 0 Å². The summed E-state index contributed by atoms with van der Waals surface area (Å²) in [5.41, 5.74) is 1.88. The molecule has 0 aliphatic carbocycles. The van der Waals surface area contributed by atoms with Crippen molar-refractivity contribution in [2.24, 2.45) is 4.99 Å². The average molecular weight is 601 g/mol. The van der Waals surface area contributed by atoms with Crippen molar-refractivity contribution < 1.29 is 28.9 Å². The van der Waals surface area contributed by atoms with Crippen LogP contribution in [0.1, 0.15) is 37.9 Å². The number of benzene rings is 2. The van der Waals surface area contributed by atoms with Crippen LogP contribution < -0.4 is 24.4 Å². The van der Waals surface area contributed by atoms with Crippen molar-refractivity contribution in [2.45, 2.75) is 26.8 Å². The normalized spacial score (nSPS) is 15.1. The number of rotatable bonds is 9. The fourth-order valence-electron chi connectivity index (χ4n) is 4.08. The topological polar surface area (TPSA) is 116 Å². The van der Waals surface area contributed by atoms with E-state index in [1.165, 1.54) is 15.9 Å². The third kappa shape index (κ3) is 5.73. The van der Waals surface area contributed by atoms with Crippen LogP contribution in [0.3, 0.4) is 0 Å². The molecule has 2 heterocycles. The lowest BCUT2D eigenvalue weighted by molar-refractivity contribution is -0.140. The zero-order chi connectivity index (χ0) is 27.4. The molecule has 4 rings (SSSR count). The second kappa shape index (κ2) is 11.8. The van der Waals surface area contributed by atoms with Crippen molar-refractivity contribution in [3.8, 4) is 11.5 Å². The maximum Gasteiger partial charge on any atom is 0.341 e. The minimum atomic E-state index is -1.10. The van der Waals surface area contributed by atoms with Crippen molar-refractivity contribution in [1.29, 1.82) is 0 Å². The lowest BCUT2D eigenvalue weighted by Gasteiger charge is -2.24. The summed E-state index contributed by atoms with van der Waals surface area (Å²) in [6, 6.07) is 11.7. The Balaban J connectivity index is 1.86. The average Bonchev–Trinajstić information content (AvgIpc) is 3.17. The van der Waals surface area contributed by atoms with Gasteiger partial charge in [0, 0.05) is 4.47 Å². The lowest BCUT2D eigenvalue weighted by atomic mass is 9.96. The Bertz CT molecular complexity index is 1610. The highest BCUT2D eigenvalue weighted by molar-refractivity contribution is 9.10. The number of allylic oxidation sites excluding steroid dienone is 1. The van der Waals surface area contributed by atoms with Crippen molar-refractivity contribution in [3.63, 3.8) is 0 Å². The van der Waals surface area contributed by atoms with E-state index >= 15 is 0 Å². The number of hydrogen-bond acceptors (Lipinski definition) is 8. The van der Waals surface area contributed by atoms with E-state index in [0.717, 1.165) is 10.0 Å². The number of fused-ring (bicyclic) bond motifs is 1. The second-order valence-corrected chi connectivity index (χ2v) is 10.1. The lowest BCUT2D eigenvalue weighted by Crippen LogP contribution is -2.39. The minimum Gasteiger partial charge on any atom is -0.490 e. The molecule has 1 atom stereocenters. The Morgan fingerprint density at radius 2 is 1.92 bits per heavy atom. The van der Waals surface area contributed by atoms with Crippen molar-refractivity contribution in [2.75, 3.05) is 19.8 Å². The third-order valence-electron chi connectivity index (χ3n) is 5.60. The van der Waals surface area contributed by atoms with Crippen molar-refractivity contribution in [3.05, 3.63) is 89.0 Å². The molecule has 198 valence electrons. The first-order chi connectivity index (χ1) is 18.2. The van der Waals surface area contributed by atoms with Crippen LogP contribution in [0.4, 0.5) is 0 Å². The smallest absolute Gasteiger partial charge is 0.341 e. The molecule has 1 N–H and O–H groups in total. The quantitative estimate of drug-likeness (QED) is 0.374. The maximum absolute atomic E-state index is 13.7. The first-order valence-electron chi connectivity index (χ1n) is 11.8. The first-order valence-corrected chi connectivity index (χ1v) is 13.4. The molecule has 1 aliphatic heterocycles. The zero-order valence-corrected chi connectivity index (χ0v) is 23.3. The molecule has 0 radical (unpaired) electrons. The predicted molar refractivity (Wildman–Crippen MR) is 145 cm³/mol. The summed E-state index contributed by atoms with van der Waals surface area (Å²) in [5, 5.41) is 8.92. The Hall–Kier alpha value is -3.70. The van der Waals surface area contributed by atoms with E-state index in [-0.39, 0.29) is 17.9 Å². The number of carboxylic acids is 1. The Morgan fingerprint density at radius 1 is 1.13 bits per heavy atom. The molecule has 0 bridgehead atoms. The minimum absolute atomic E-state index is 0.194. The SMILES string of the molecule is CCOC(=O)C1=C(C)N=c2s/c(=C\c3ccc(OCC(=O)O)c(OCC)c3)c(=O)n2[C@@H]1c1cccc(Br)c1. The summed E-state index contributed by atoms with van der Waals surface area (Å²) in [4.78, 5) is 42.7. The summed E-state index contributed by atoms with van der Waals surface area (Å²) in [6.45, 7) is 5.30. The van der Waals surface area contributed by atoms with E-state index in [4.69, 9.17) is 19.3 Å². The molecule has 0 unspecified atom stereocenters. The number of aliphatic carboxylic acids is 1. The van der Waals surface area contributed by atoms with E-state index in [1.807, 2.05) is 24.3 Å². The predicted octanol–water partition coefficient (Wildman–Crippen LogP) is 3.42. The van der Waals surface area contributed by atoms with Crippen LogP contribution in [0.5, 0.6) is 11.5 Å². The molecule has 0 saturated heterocycles. The third-order valence-corrected chi connectivity index (χ3v) is 7.07. The number of thiazole rings is 1. The molecule has 1 aliphatic rings. The molecule has 2 aromatic carbocycles. The summed E-state index contributed by atoms with van der Waals surface area (Å²) >= 11 is 4.69. The molecule has 0 spiro atoms. The van der Waals surface area contributed by atoms with Crippen molar-refractivity contribution >= 4 is 45.3 Å². The number of halogens is 1. The van der Waals surface area contributed by atoms with Gasteiger partial charge in [-0.1, -0.05) is 45.5 Å². The molecule has 0 amide bonds. The van der Waals surface area contributed by atoms with E-state index < -0.39 is 24.6 Å². The summed E-state index contributed by atoms with van der Waals surface area (Å²) in [5.74, 6) is -0.971. The molecular weight excluding hydrogens is 576 g/mol. The van der Waals surface area contributed by atoms with Gasteiger partial charge in [0.25, 0.3) is 5.56 Å². The first kappa shape index (κ1) is 27.3. The van der Waals surface area contributed by atoms with Gasteiger partial charge < -0.3 is 19.3 Å². The number of aromatic nitrogens is 1. The van der Waals surface area contributed by atoms with Crippen LogP contribution >= 0.6 is 27.3 Å². The highest BCUT2D eigenvalue weighted by Gasteiger charge is 2.33. The number of hydrogen-bond donors (Lipinski definition) is 1. The standard InChI is InChI=1S/C27H25BrN2O7S/c1-4-35-20-11-16(9-10-19(20)37-14-22(31)32)12-21-25(33)30-24(17-7-6-8-18(28)13-17)23(26(34)36-5-2)15(3)29-27(30)38-21/h6-13,24H,4-5,14H2,1-3H3,(H,31,32)/b21-12-/t24-/m1/s1. The summed E-state index contributed by atoms with van der Waals surface area (Å²) < 4.78 is 19.0. The van der Waals surface area contributed by atoms with Crippen LogP contribution in [0.25, 0.3) is 6.08 Å². The molecule has 1 aromatic heterocycles.